The van der Waals surface area contributed by atoms with Crippen LogP contribution in [0.25, 0.3) is 0 Å². The summed E-state index contributed by atoms with van der Waals surface area (Å²) in [5, 5.41) is 9.01. The Balaban J connectivity index is 2.14. The second kappa shape index (κ2) is 5.57. The van der Waals surface area contributed by atoms with Gasteiger partial charge in [-0.1, -0.05) is 30.0 Å². The summed E-state index contributed by atoms with van der Waals surface area (Å²) >= 11 is 0. The molecule has 2 rings (SSSR count). The van der Waals surface area contributed by atoms with Crippen molar-refractivity contribution in [2.75, 3.05) is 0 Å². The number of aromatic hydroxyl groups is 1. The lowest BCUT2D eigenvalue weighted by molar-refractivity contribution is 0.432. The molecule has 1 nitrogen and oxygen atoms in total. The van der Waals surface area contributed by atoms with Crippen molar-refractivity contribution in [3.05, 3.63) is 65.5 Å². The highest BCUT2D eigenvalue weighted by atomic mass is 19.1. The smallest absolute Gasteiger partial charge is 0.166 e. The summed E-state index contributed by atoms with van der Waals surface area (Å²) in [5.74, 6) is 9.85. The van der Waals surface area contributed by atoms with Gasteiger partial charge in [0.25, 0.3) is 0 Å². The quantitative estimate of drug-likeness (QED) is 0.697. The predicted octanol–water partition coefficient (Wildman–Crippen LogP) is 2.93. The van der Waals surface area contributed by atoms with Gasteiger partial charge in [0.2, 0.25) is 0 Å². The van der Waals surface area contributed by atoms with E-state index in [0.29, 0.717) is 5.56 Å². The van der Waals surface area contributed by atoms with E-state index >= 15 is 0 Å². The van der Waals surface area contributed by atoms with Crippen LogP contribution in [0.1, 0.15) is 11.1 Å². The Hall–Kier alpha value is -2.71. The molecule has 0 aliphatic rings. The second-order valence-electron chi connectivity index (χ2n) is 3.53. The van der Waals surface area contributed by atoms with E-state index in [1.54, 1.807) is 0 Å². The number of hydrogen-bond donors (Lipinski definition) is 1. The zero-order chi connectivity index (χ0) is 12.8. The van der Waals surface area contributed by atoms with Crippen LogP contribution >= 0.6 is 0 Å². The predicted molar refractivity (Wildman–Crippen MR) is 68.3 cm³/mol. The Morgan fingerprint density at radius 2 is 1.50 bits per heavy atom. The van der Waals surface area contributed by atoms with Crippen LogP contribution in [0.4, 0.5) is 4.39 Å². The van der Waals surface area contributed by atoms with Gasteiger partial charge >= 0.3 is 0 Å². The van der Waals surface area contributed by atoms with Crippen LogP contribution in [0.15, 0.2) is 48.5 Å². The highest BCUT2D eigenvalue weighted by Crippen LogP contribution is 2.15. The first-order chi connectivity index (χ1) is 8.75. The number of benzene rings is 2. The summed E-state index contributed by atoms with van der Waals surface area (Å²) in [5.41, 5.74) is 1.36. The molecule has 0 bridgehead atoms. The fraction of sp³-hybridized carbons (Fsp3) is 0. The summed E-state index contributed by atoms with van der Waals surface area (Å²) in [6.45, 7) is 0. The molecule has 1 N–H and O–H groups in total. The van der Waals surface area contributed by atoms with Gasteiger partial charge in [-0.15, -0.1) is 0 Å². The molecule has 0 radical (unpaired) electrons. The van der Waals surface area contributed by atoms with E-state index < -0.39 is 5.82 Å². The van der Waals surface area contributed by atoms with E-state index in [4.69, 9.17) is 5.11 Å². The van der Waals surface area contributed by atoms with Crippen LogP contribution in [0.2, 0.25) is 0 Å². The SMILES string of the molecule is Oc1ccc(C#CC#Cc2ccccc2)cc1F. The molecule has 2 heteroatoms. The third kappa shape index (κ3) is 3.14. The minimum Gasteiger partial charge on any atom is -0.505 e. The zero-order valence-corrected chi connectivity index (χ0v) is 9.44. The molecule has 0 fully saturated rings. The molecular weight excluding hydrogens is 227 g/mol. The minimum atomic E-state index is -0.683. The molecule has 0 spiro atoms. The van der Waals surface area contributed by atoms with Crippen molar-refractivity contribution in [2.24, 2.45) is 0 Å². The van der Waals surface area contributed by atoms with Gasteiger partial charge in [-0.2, -0.15) is 0 Å². The van der Waals surface area contributed by atoms with Gasteiger partial charge in [0.05, 0.1) is 0 Å². The van der Waals surface area contributed by atoms with Crippen molar-refractivity contribution in [1.82, 2.24) is 0 Å². The maximum Gasteiger partial charge on any atom is 0.166 e. The summed E-state index contributed by atoms with van der Waals surface area (Å²) in [7, 11) is 0. The van der Waals surface area contributed by atoms with Crippen LogP contribution in [0.3, 0.4) is 0 Å². The molecule has 0 saturated carbocycles. The molecule has 0 heterocycles. The van der Waals surface area contributed by atoms with Gasteiger partial charge in [0, 0.05) is 11.1 Å². The largest absolute Gasteiger partial charge is 0.505 e. The van der Waals surface area contributed by atoms with Crippen molar-refractivity contribution in [2.45, 2.75) is 0 Å². The van der Waals surface area contributed by atoms with E-state index in [0.717, 1.165) is 5.56 Å². The molecule has 2 aromatic rings. The van der Waals surface area contributed by atoms with E-state index in [-0.39, 0.29) is 5.75 Å². The Bertz CT molecular complexity index is 667. The molecule has 0 unspecified atom stereocenters. The monoisotopic (exact) mass is 236 g/mol. The van der Waals surface area contributed by atoms with Crippen molar-refractivity contribution in [1.29, 1.82) is 0 Å². The van der Waals surface area contributed by atoms with Gasteiger partial charge in [0.15, 0.2) is 11.6 Å². The number of hydrogen-bond acceptors (Lipinski definition) is 1. The van der Waals surface area contributed by atoms with Gasteiger partial charge in [-0.3, -0.25) is 0 Å². The van der Waals surface area contributed by atoms with Gasteiger partial charge in [-0.05, 0) is 42.2 Å². The van der Waals surface area contributed by atoms with E-state index in [2.05, 4.69) is 23.7 Å². The van der Waals surface area contributed by atoms with Gasteiger partial charge < -0.3 is 5.11 Å². The third-order valence-electron chi connectivity index (χ3n) is 2.20. The summed E-state index contributed by atoms with van der Waals surface area (Å²) in [4.78, 5) is 0. The van der Waals surface area contributed by atoms with Gasteiger partial charge in [-0.25, -0.2) is 4.39 Å². The van der Waals surface area contributed by atoms with Crippen LogP contribution < -0.4 is 0 Å². The Morgan fingerprint density at radius 3 is 2.17 bits per heavy atom. The molecule has 0 atom stereocenters. The normalized spacial score (nSPS) is 8.72. The van der Waals surface area contributed by atoms with E-state index in [1.165, 1.54) is 18.2 Å². The molecule has 86 valence electrons. The molecule has 0 amide bonds. The maximum atomic E-state index is 13.0. The number of rotatable bonds is 0. The third-order valence-corrected chi connectivity index (χ3v) is 2.20. The lowest BCUT2D eigenvalue weighted by Gasteiger charge is -1.93. The number of halogens is 1. The Kier molecular flexibility index (Phi) is 3.64. The van der Waals surface area contributed by atoms with E-state index in [1.807, 2.05) is 30.3 Å². The molecule has 0 aromatic heterocycles. The second-order valence-corrected chi connectivity index (χ2v) is 3.53. The fourth-order valence-corrected chi connectivity index (χ4v) is 1.31. The average Bonchev–Trinajstić information content (AvgIpc) is 2.40. The molecule has 0 saturated heterocycles. The molecule has 0 aliphatic carbocycles. The maximum absolute atomic E-state index is 13.0. The molecule has 0 aliphatic heterocycles. The van der Waals surface area contributed by atoms with E-state index in [9.17, 15) is 4.39 Å². The lowest BCUT2D eigenvalue weighted by Crippen LogP contribution is -1.79. The first kappa shape index (κ1) is 11.8. The molecule has 2 aromatic carbocycles. The van der Waals surface area contributed by atoms with Crippen molar-refractivity contribution in [3.8, 4) is 29.4 Å². The zero-order valence-electron chi connectivity index (χ0n) is 9.44. The number of phenols is 1. The molecule has 18 heavy (non-hydrogen) atoms. The van der Waals surface area contributed by atoms with Crippen molar-refractivity contribution in [3.63, 3.8) is 0 Å². The topological polar surface area (TPSA) is 20.2 Å². The Morgan fingerprint density at radius 1 is 0.833 bits per heavy atom. The van der Waals surface area contributed by atoms with Crippen LogP contribution in [-0.4, -0.2) is 5.11 Å². The molecular formula is C16H9FO. The summed E-state index contributed by atoms with van der Waals surface area (Å²) in [6.07, 6.45) is 0. The van der Waals surface area contributed by atoms with Gasteiger partial charge in [0.1, 0.15) is 0 Å². The first-order valence-corrected chi connectivity index (χ1v) is 5.31. The number of phenolic OH excluding ortho intramolecular Hbond substituents is 1. The fourth-order valence-electron chi connectivity index (χ4n) is 1.31. The van der Waals surface area contributed by atoms with Crippen molar-refractivity contribution >= 4 is 0 Å². The van der Waals surface area contributed by atoms with Crippen LogP contribution in [-0.2, 0) is 0 Å². The first-order valence-electron chi connectivity index (χ1n) is 5.31. The van der Waals surface area contributed by atoms with Crippen molar-refractivity contribution < 1.29 is 9.50 Å². The summed E-state index contributed by atoms with van der Waals surface area (Å²) in [6, 6.07) is 13.4. The van der Waals surface area contributed by atoms with Crippen LogP contribution in [0.5, 0.6) is 5.75 Å². The van der Waals surface area contributed by atoms with Crippen LogP contribution in [0, 0.1) is 29.5 Å². The summed E-state index contributed by atoms with van der Waals surface area (Å²) < 4.78 is 13.0. The standard InChI is InChI=1S/C16H9FO/c17-15-12-14(10-11-16(15)18)9-5-4-8-13-6-2-1-3-7-13/h1-3,6-7,10-12,18H. The Labute approximate surface area is 105 Å². The average molecular weight is 236 g/mol. The lowest BCUT2D eigenvalue weighted by atomic mass is 10.2. The highest BCUT2D eigenvalue weighted by Gasteiger charge is 1.98. The minimum absolute atomic E-state index is 0.379. The highest BCUT2D eigenvalue weighted by molar-refractivity contribution is 5.45.